The Morgan fingerprint density at radius 1 is 0.889 bits per heavy atom. The first-order chi connectivity index (χ1) is 13.0. The zero-order valence-corrected chi connectivity index (χ0v) is 14.3. The highest BCUT2D eigenvalue weighted by Crippen LogP contribution is 2.43. The van der Waals surface area contributed by atoms with Crippen molar-refractivity contribution in [1.29, 1.82) is 0 Å². The van der Waals surface area contributed by atoms with E-state index in [1.807, 2.05) is 54.0 Å². The normalized spacial score (nSPS) is 14.6. The Hall–Kier alpha value is -3.41. The van der Waals surface area contributed by atoms with Crippen molar-refractivity contribution < 1.29 is 18.3 Å². The Bertz CT molecular complexity index is 1180. The van der Waals surface area contributed by atoms with Gasteiger partial charge in [0.05, 0.1) is 11.9 Å². The van der Waals surface area contributed by atoms with Gasteiger partial charge in [-0.1, -0.05) is 29.8 Å². The van der Waals surface area contributed by atoms with Crippen LogP contribution in [0.3, 0.4) is 0 Å². The highest BCUT2D eigenvalue weighted by molar-refractivity contribution is 5.73. The van der Waals surface area contributed by atoms with Gasteiger partial charge in [-0.25, -0.2) is 4.98 Å². The molecule has 3 heterocycles. The zero-order valence-electron chi connectivity index (χ0n) is 14.3. The monoisotopic (exact) mass is 364 g/mol. The van der Waals surface area contributed by atoms with Gasteiger partial charge in [-0.05, 0) is 48.4 Å². The molecule has 0 fully saturated rings. The molecule has 0 spiro atoms. The van der Waals surface area contributed by atoms with Crippen LogP contribution >= 0.6 is 0 Å². The van der Waals surface area contributed by atoms with Gasteiger partial charge in [0, 0.05) is 11.8 Å². The highest BCUT2D eigenvalue weighted by Gasteiger charge is 2.43. The number of benzene rings is 2. The molecule has 2 aromatic heterocycles. The molecule has 2 aromatic carbocycles. The first kappa shape index (κ1) is 15.8. The molecule has 1 aliphatic heterocycles. The number of imidazole rings is 1. The fourth-order valence-electron chi connectivity index (χ4n) is 3.31. The van der Waals surface area contributed by atoms with Crippen LogP contribution in [0.1, 0.15) is 5.56 Å². The summed E-state index contributed by atoms with van der Waals surface area (Å²) in [6.07, 6.45) is 0.138. The molecular formula is C21H14F2N2O2. The van der Waals surface area contributed by atoms with Gasteiger partial charge in [-0.2, -0.15) is 0 Å². The van der Waals surface area contributed by atoms with Gasteiger partial charge in [0.1, 0.15) is 5.65 Å². The third-order valence-electron chi connectivity index (χ3n) is 4.56. The van der Waals surface area contributed by atoms with Crippen molar-refractivity contribution in [2.45, 2.75) is 13.2 Å². The molecule has 0 saturated carbocycles. The maximum Gasteiger partial charge on any atom is 0.586 e. The smallest absolute Gasteiger partial charge is 0.395 e. The van der Waals surface area contributed by atoms with E-state index >= 15 is 0 Å². The van der Waals surface area contributed by atoms with Crippen LogP contribution in [0.15, 0.2) is 67.0 Å². The molecule has 0 amide bonds. The SMILES string of the molecule is Cc1cccc(-c2cnc3cc(-c4ccc5c(c4)OC(F)(F)O5)ccn23)c1. The molecule has 0 bridgehead atoms. The Balaban J connectivity index is 1.55. The fourth-order valence-corrected chi connectivity index (χ4v) is 3.31. The number of rotatable bonds is 2. The minimum atomic E-state index is -3.61. The van der Waals surface area contributed by atoms with Crippen LogP contribution in [-0.4, -0.2) is 15.7 Å². The third-order valence-corrected chi connectivity index (χ3v) is 4.56. The van der Waals surface area contributed by atoms with Crippen molar-refractivity contribution in [3.05, 3.63) is 72.6 Å². The summed E-state index contributed by atoms with van der Waals surface area (Å²) < 4.78 is 37.4. The summed E-state index contributed by atoms with van der Waals surface area (Å²) in [5.74, 6) is 0.0635. The van der Waals surface area contributed by atoms with Crippen molar-refractivity contribution in [3.63, 3.8) is 0 Å². The number of halogens is 2. The van der Waals surface area contributed by atoms with E-state index in [9.17, 15) is 8.78 Å². The second kappa shape index (κ2) is 5.54. The van der Waals surface area contributed by atoms with E-state index in [1.165, 1.54) is 11.6 Å². The average Bonchev–Trinajstić information content (AvgIpc) is 3.19. The molecule has 0 aliphatic carbocycles. The van der Waals surface area contributed by atoms with E-state index < -0.39 is 6.29 Å². The number of aryl methyl sites for hydroxylation is 1. The van der Waals surface area contributed by atoms with Crippen molar-refractivity contribution in [2.24, 2.45) is 0 Å². The van der Waals surface area contributed by atoms with E-state index in [1.54, 1.807) is 12.1 Å². The van der Waals surface area contributed by atoms with Crippen LogP contribution in [0.5, 0.6) is 11.5 Å². The Kier molecular flexibility index (Phi) is 3.25. The lowest BCUT2D eigenvalue weighted by molar-refractivity contribution is -0.286. The summed E-state index contributed by atoms with van der Waals surface area (Å²) in [4.78, 5) is 4.49. The Morgan fingerprint density at radius 2 is 1.70 bits per heavy atom. The number of ether oxygens (including phenoxy) is 2. The number of nitrogens with zero attached hydrogens (tertiary/aromatic N) is 2. The van der Waals surface area contributed by atoms with E-state index in [4.69, 9.17) is 0 Å². The van der Waals surface area contributed by atoms with Crippen LogP contribution < -0.4 is 9.47 Å². The van der Waals surface area contributed by atoms with Gasteiger partial charge < -0.3 is 9.47 Å². The van der Waals surface area contributed by atoms with Crippen LogP contribution in [0.4, 0.5) is 8.78 Å². The van der Waals surface area contributed by atoms with Crippen LogP contribution in [0.25, 0.3) is 28.0 Å². The first-order valence-electron chi connectivity index (χ1n) is 8.43. The summed E-state index contributed by atoms with van der Waals surface area (Å²) in [7, 11) is 0. The molecule has 5 rings (SSSR count). The van der Waals surface area contributed by atoms with Crippen LogP contribution in [0, 0.1) is 6.92 Å². The molecule has 4 nitrogen and oxygen atoms in total. The predicted molar refractivity (Wildman–Crippen MR) is 97.0 cm³/mol. The summed E-state index contributed by atoms with van der Waals surface area (Å²) in [6, 6.07) is 16.8. The maximum absolute atomic E-state index is 13.2. The van der Waals surface area contributed by atoms with Crippen molar-refractivity contribution in [2.75, 3.05) is 0 Å². The number of alkyl halides is 2. The fraction of sp³-hybridized carbons (Fsp3) is 0.0952. The van der Waals surface area contributed by atoms with Gasteiger partial charge >= 0.3 is 6.29 Å². The lowest BCUT2D eigenvalue weighted by atomic mass is 10.1. The topological polar surface area (TPSA) is 35.8 Å². The van der Waals surface area contributed by atoms with Gasteiger partial charge in [0.15, 0.2) is 11.5 Å². The summed E-state index contributed by atoms with van der Waals surface area (Å²) >= 11 is 0. The molecule has 1 aliphatic rings. The van der Waals surface area contributed by atoms with E-state index in [0.29, 0.717) is 0 Å². The minimum Gasteiger partial charge on any atom is -0.395 e. The number of hydrogen-bond acceptors (Lipinski definition) is 3. The number of pyridine rings is 1. The molecule has 0 unspecified atom stereocenters. The average molecular weight is 364 g/mol. The van der Waals surface area contributed by atoms with E-state index in [2.05, 4.69) is 20.5 Å². The van der Waals surface area contributed by atoms with Gasteiger partial charge in [-0.3, -0.25) is 4.40 Å². The molecule has 0 N–H and O–H groups in total. The molecule has 4 aromatic rings. The Labute approximate surface area is 153 Å². The van der Waals surface area contributed by atoms with Crippen molar-refractivity contribution >= 4 is 5.65 Å². The highest BCUT2D eigenvalue weighted by atomic mass is 19.3. The van der Waals surface area contributed by atoms with E-state index in [-0.39, 0.29) is 11.5 Å². The molecule has 134 valence electrons. The molecule has 27 heavy (non-hydrogen) atoms. The quantitative estimate of drug-likeness (QED) is 0.484. The molecule has 0 atom stereocenters. The summed E-state index contributed by atoms with van der Waals surface area (Å²) in [5.41, 5.74) is 5.62. The first-order valence-corrected chi connectivity index (χ1v) is 8.43. The summed E-state index contributed by atoms with van der Waals surface area (Å²) in [6.45, 7) is 2.05. The van der Waals surface area contributed by atoms with Crippen molar-refractivity contribution in [3.8, 4) is 33.9 Å². The maximum atomic E-state index is 13.2. The summed E-state index contributed by atoms with van der Waals surface area (Å²) in [5, 5.41) is 0. The third kappa shape index (κ3) is 2.70. The van der Waals surface area contributed by atoms with Crippen molar-refractivity contribution in [1.82, 2.24) is 9.38 Å². The number of hydrogen-bond donors (Lipinski definition) is 0. The van der Waals surface area contributed by atoms with E-state index in [0.717, 1.165) is 28.0 Å². The lowest BCUT2D eigenvalue weighted by Gasteiger charge is -2.06. The molecule has 0 saturated heterocycles. The van der Waals surface area contributed by atoms with Crippen LogP contribution in [-0.2, 0) is 0 Å². The van der Waals surface area contributed by atoms with Gasteiger partial charge in [0.2, 0.25) is 0 Å². The number of aromatic nitrogens is 2. The van der Waals surface area contributed by atoms with Crippen LogP contribution in [0.2, 0.25) is 0 Å². The second-order valence-electron chi connectivity index (χ2n) is 6.49. The Morgan fingerprint density at radius 3 is 2.56 bits per heavy atom. The standard InChI is InChI=1S/C21H14F2N2O2/c1-13-3-2-4-16(9-13)17-12-24-20-11-15(7-8-25(17)20)14-5-6-18-19(10-14)27-21(22,23)26-18/h2-12H,1H3. The zero-order chi connectivity index (χ0) is 18.6. The predicted octanol–water partition coefficient (Wildman–Crippen LogP) is 5.30. The van der Waals surface area contributed by atoms with Gasteiger partial charge in [0.25, 0.3) is 0 Å². The molecule has 6 heteroatoms. The largest absolute Gasteiger partial charge is 0.586 e. The molecular weight excluding hydrogens is 350 g/mol. The second-order valence-corrected chi connectivity index (χ2v) is 6.49. The minimum absolute atomic E-state index is 0.0289. The number of fused-ring (bicyclic) bond motifs is 2. The lowest BCUT2D eigenvalue weighted by Crippen LogP contribution is -2.25. The van der Waals surface area contributed by atoms with Gasteiger partial charge in [-0.15, -0.1) is 8.78 Å². The molecule has 0 radical (unpaired) electrons.